The first-order chi connectivity index (χ1) is 12.6. The lowest BCUT2D eigenvalue weighted by Crippen LogP contribution is -2.34. The first kappa shape index (κ1) is 18.0. The van der Waals surface area contributed by atoms with Gasteiger partial charge in [0.15, 0.2) is 0 Å². The SMILES string of the molecule is CN(CC(=O)NCc1ccccc1)c1nc(Cc2ccc(F)cc2)ns1. The summed E-state index contributed by atoms with van der Waals surface area (Å²) in [5.74, 6) is 0.321. The van der Waals surface area contributed by atoms with E-state index in [1.54, 1.807) is 17.0 Å². The van der Waals surface area contributed by atoms with E-state index in [2.05, 4.69) is 14.7 Å². The number of anilines is 1. The molecule has 2 aromatic carbocycles. The highest BCUT2D eigenvalue weighted by molar-refractivity contribution is 7.09. The number of hydrogen-bond acceptors (Lipinski definition) is 5. The van der Waals surface area contributed by atoms with Crippen LogP contribution in [0.2, 0.25) is 0 Å². The van der Waals surface area contributed by atoms with Gasteiger partial charge in [0, 0.05) is 31.5 Å². The number of nitrogens with zero attached hydrogens (tertiary/aromatic N) is 3. The van der Waals surface area contributed by atoms with Gasteiger partial charge < -0.3 is 10.2 Å². The largest absolute Gasteiger partial charge is 0.350 e. The van der Waals surface area contributed by atoms with Crippen molar-refractivity contribution < 1.29 is 9.18 Å². The molecule has 3 rings (SSSR count). The van der Waals surface area contributed by atoms with Crippen LogP contribution in [0.4, 0.5) is 9.52 Å². The lowest BCUT2D eigenvalue weighted by Gasteiger charge is -2.14. The van der Waals surface area contributed by atoms with Crippen LogP contribution in [0.15, 0.2) is 54.6 Å². The maximum Gasteiger partial charge on any atom is 0.239 e. The number of amides is 1. The molecule has 1 aromatic heterocycles. The molecule has 5 nitrogen and oxygen atoms in total. The molecule has 134 valence electrons. The van der Waals surface area contributed by atoms with Crippen molar-refractivity contribution in [2.24, 2.45) is 0 Å². The van der Waals surface area contributed by atoms with Crippen LogP contribution in [0.3, 0.4) is 0 Å². The van der Waals surface area contributed by atoms with Gasteiger partial charge in [-0.3, -0.25) is 4.79 Å². The third kappa shape index (κ3) is 5.10. The lowest BCUT2D eigenvalue weighted by molar-refractivity contribution is -0.119. The zero-order chi connectivity index (χ0) is 18.4. The Labute approximate surface area is 155 Å². The van der Waals surface area contributed by atoms with Gasteiger partial charge in [-0.1, -0.05) is 42.5 Å². The quantitative estimate of drug-likeness (QED) is 0.695. The zero-order valence-electron chi connectivity index (χ0n) is 14.4. The maximum absolute atomic E-state index is 13.0. The number of likely N-dealkylation sites (N-methyl/N-ethyl adjacent to an activating group) is 1. The van der Waals surface area contributed by atoms with E-state index in [0.717, 1.165) is 11.1 Å². The summed E-state index contributed by atoms with van der Waals surface area (Å²) >= 11 is 1.25. The molecule has 3 aromatic rings. The molecule has 26 heavy (non-hydrogen) atoms. The van der Waals surface area contributed by atoms with Crippen LogP contribution < -0.4 is 10.2 Å². The van der Waals surface area contributed by atoms with E-state index in [-0.39, 0.29) is 18.3 Å². The molecule has 0 aliphatic rings. The van der Waals surface area contributed by atoms with E-state index < -0.39 is 0 Å². The number of rotatable bonds is 7. The Morgan fingerprint density at radius 2 is 1.85 bits per heavy atom. The Balaban J connectivity index is 1.51. The molecule has 0 unspecified atom stereocenters. The molecule has 7 heteroatoms. The fourth-order valence-corrected chi connectivity index (χ4v) is 3.03. The standard InChI is InChI=1S/C19H19FN4OS/c1-24(13-18(25)21-12-15-5-3-2-4-6-15)19-22-17(23-26-19)11-14-7-9-16(20)10-8-14/h2-10H,11-13H2,1H3,(H,21,25). The van der Waals surface area contributed by atoms with Crippen molar-refractivity contribution in [2.45, 2.75) is 13.0 Å². The summed E-state index contributed by atoms with van der Waals surface area (Å²) in [7, 11) is 1.81. The first-order valence-corrected chi connectivity index (χ1v) is 8.96. The van der Waals surface area contributed by atoms with Crippen LogP contribution in [-0.4, -0.2) is 28.9 Å². The van der Waals surface area contributed by atoms with Crippen LogP contribution in [0.25, 0.3) is 0 Å². The van der Waals surface area contributed by atoms with Crippen LogP contribution in [0, 0.1) is 5.82 Å². The van der Waals surface area contributed by atoms with Crippen LogP contribution >= 0.6 is 11.5 Å². The van der Waals surface area contributed by atoms with E-state index in [1.165, 1.54) is 23.7 Å². The highest BCUT2D eigenvalue weighted by atomic mass is 32.1. The Morgan fingerprint density at radius 3 is 2.58 bits per heavy atom. The van der Waals surface area contributed by atoms with Gasteiger partial charge in [-0.05, 0) is 23.3 Å². The molecule has 0 saturated heterocycles. The molecule has 0 radical (unpaired) electrons. The highest BCUT2D eigenvalue weighted by Crippen LogP contribution is 2.17. The zero-order valence-corrected chi connectivity index (χ0v) is 15.2. The second-order valence-electron chi connectivity index (χ2n) is 5.91. The Hall–Kier alpha value is -2.80. The second kappa shape index (κ2) is 8.53. The minimum atomic E-state index is -0.262. The van der Waals surface area contributed by atoms with Crippen LogP contribution in [-0.2, 0) is 17.8 Å². The van der Waals surface area contributed by atoms with Gasteiger partial charge in [-0.2, -0.15) is 4.37 Å². The monoisotopic (exact) mass is 370 g/mol. The predicted molar refractivity (Wildman–Crippen MR) is 101 cm³/mol. The fourth-order valence-electron chi connectivity index (χ4n) is 2.39. The molecule has 1 heterocycles. The van der Waals surface area contributed by atoms with Gasteiger partial charge >= 0.3 is 0 Å². The van der Waals surface area contributed by atoms with Gasteiger partial charge in [0.25, 0.3) is 0 Å². The third-order valence-corrected chi connectivity index (χ3v) is 4.64. The van der Waals surface area contributed by atoms with Crippen LogP contribution in [0.5, 0.6) is 0 Å². The van der Waals surface area contributed by atoms with Crippen molar-refractivity contribution >= 4 is 22.6 Å². The topological polar surface area (TPSA) is 58.1 Å². The third-order valence-electron chi connectivity index (χ3n) is 3.77. The average molecular weight is 370 g/mol. The van der Waals surface area contributed by atoms with E-state index in [4.69, 9.17) is 0 Å². The summed E-state index contributed by atoms with van der Waals surface area (Å²) < 4.78 is 17.3. The number of carbonyl (C=O) groups excluding carboxylic acids is 1. The van der Waals surface area contributed by atoms with E-state index in [1.807, 2.05) is 37.4 Å². The van der Waals surface area contributed by atoms with E-state index >= 15 is 0 Å². The Bertz CT molecular complexity index is 851. The molecule has 1 N–H and O–H groups in total. The van der Waals surface area contributed by atoms with E-state index in [0.29, 0.717) is 23.9 Å². The van der Waals surface area contributed by atoms with Crippen molar-refractivity contribution in [3.8, 4) is 0 Å². The smallest absolute Gasteiger partial charge is 0.239 e. The van der Waals surface area contributed by atoms with Crippen LogP contribution in [0.1, 0.15) is 17.0 Å². The van der Waals surface area contributed by atoms with Gasteiger partial charge in [-0.15, -0.1) is 0 Å². The number of carbonyl (C=O) groups is 1. The summed E-state index contributed by atoms with van der Waals surface area (Å²) in [4.78, 5) is 18.3. The molecule has 0 saturated carbocycles. The minimum Gasteiger partial charge on any atom is -0.350 e. The Kier molecular flexibility index (Phi) is 5.91. The van der Waals surface area contributed by atoms with Gasteiger partial charge in [-0.25, -0.2) is 9.37 Å². The molecular weight excluding hydrogens is 351 g/mol. The average Bonchev–Trinajstić information content (AvgIpc) is 3.11. The summed E-state index contributed by atoms with van der Waals surface area (Å²) in [6, 6.07) is 16.0. The molecule has 0 atom stereocenters. The Morgan fingerprint density at radius 1 is 1.12 bits per heavy atom. The molecule has 0 aliphatic heterocycles. The fraction of sp³-hybridized carbons (Fsp3) is 0.211. The first-order valence-electron chi connectivity index (χ1n) is 8.19. The van der Waals surface area contributed by atoms with Crippen molar-refractivity contribution in [1.29, 1.82) is 0 Å². The molecule has 0 aliphatic carbocycles. The number of nitrogens with one attached hydrogen (secondary N) is 1. The maximum atomic E-state index is 13.0. The highest BCUT2D eigenvalue weighted by Gasteiger charge is 2.12. The molecule has 1 amide bonds. The van der Waals surface area contributed by atoms with Crippen molar-refractivity contribution in [1.82, 2.24) is 14.7 Å². The van der Waals surface area contributed by atoms with Crippen molar-refractivity contribution in [3.05, 3.63) is 77.4 Å². The van der Waals surface area contributed by atoms with Crippen molar-refractivity contribution in [3.63, 3.8) is 0 Å². The second-order valence-corrected chi connectivity index (χ2v) is 6.65. The summed E-state index contributed by atoms with van der Waals surface area (Å²) in [5, 5.41) is 3.57. The number of benzene rings is 2. The van der Waals surface area contributed by atoms with Gasteiger partial charge in [0.2, 0.25) is 11.0 Å². The summed E-state index contributed by atoms with van der Waals surface area (Å²) in [5.41, 5.74) is 2.00. The number of hydrogen-bond donors (Lipinski definition) is 1. The normalized spacial score (nSPS) is 10.5. The molecular formula is C19H19FN4OS. The molecule has 0 fully saturated rings. The lowest BCUT2D eigenvalue weighted by atomic mass is 10.1. The number of halogens is 1. The van der Waals surface area contributed by atoms with E-state index in [9.17, 15) is 9.18 Å². The predicted octanol–water partition coefficient (Wildman–Crippen LogP) is 3.02. The summed E-state index contributed by atoms with van der Waals surface area (Å²) in [6.07, 6.45) is 0.533. The number of aromatic nitrogens is 2. The van der Waals surface area contributed by atoms with Gasteiger partial charge in [0.1, 0.15) is 11.6 Å². The minimum absolute atomic E-state index is 0.0772. The molecule has 0 bridgehead atoms. The summed E-state index contributed by atoms with van der Waals surface area (Å²) in [6.45, 7) is 0.706. The van der Waals surface area contributed by atoms with Crippen molar-refractivity contribution in [2.75, 3.05) is 18.5 Å². The van der Waals surface area contributed by atoms with Gasteiger partial charge in [0.05, 0.1) is 6.54 Å². The molecule has 0 spiro atoms.